The van der Waals surface area contributed by atoms with E-state index in [-0.39, 0.29) is 17.7 Å². The van der Waals surface area contributed by atoms with Gasteiger partial charge in [0.15, 0.2) is 0 Å². The molecule has 0 radical (unpaired) electrons. The number of amides is 1. The van der Waals surface area contributed by atoms with Crippen molar-refractivity contribution in [2.45, 2.75) is 49.0 Å². The van der Waals surface area contributed by atoms with E-state index in [4.69, 9.17) is 4.74 Å². The van der Waals surface area contributed by atoms with E-state index in [0.29, 0.717) is 25.0 Å². The zero-order valence-electron chi connectivity index (χ0n) is 13.3. The predicted molar refractivity (Wildman–Crippen MR) is 87.7 cm³/mol. The largest absolute Gasteiger partial charge is 0.467 e. The summed E-state index contributed by atoms with van der Waals surface area (Å²) in [5.41, 5.74) is -0.857. The quantitative estimate of drug-likeness (QED) is 0.638. The fourth-order valence-corrected chi connectivity index (χ4v) is 3.70. The summed E-state index contributed by atoms with van der Waals surface area (Å²) in [5.74, 6) is -0.192. The van der Waals surface area contributed by atoms with Crippen LogP contribution in [0.15, 0.2) is 29.2 Å². The Morgan fingerprint density at radius 3 is 2.48 bits per heavy atom. The van der Waals surface area contributed by atoms with Crippen LogP contribution in [0.3, 0.4) is 0 Å². The second-order valence-electron chi connectivity index (χ2n) is 5.73. The average Bonchev–Trinajstić information content (AvgIpc) is 2.56. The molecule has 23 heavy (non-hydrogen) atoms. The van der Waals surface area contributed by atoms with Gasteiger partial charge in [0.25, 0.3) is 0 Å². The number of rotatable bonds is 6. The van der Waals surface area contributed by atoms with Crippen molar-refractivity contribution in [2.24, 2.45) is 0 Å². The fourth-order valence-electron chi connectivity index (χ4n) is 2.85. The lowest BCUT2D eigenvalue weighted by atomic mass is 9.81. The van der Waals surface area contributed by atoms with E-state index in [1.165, 1.54) is 31.0 Å². The molecule has 6 heteroatoms. The summed E-state index contributed by atoms with van der Waals surface area (Å²) in [4.78, 5) is 25.2. The van der Waals surface area contributed by atoms with E-state index in [1.807, 2.05) is 0 Å². The van der Waals surface area contributed by atoms with Gasteiger partial charge in [-0.1, -0.05) is 19.3 Å². The Bertz CT molecular complexity index is 541. The van der Waals surface area contributed by atoms with Crippen molar-refractivity contribution >= 4 is 23.6 Å². The summed E-state index contributed by atoms with van der Waals surface area (Å²) >= 11 is 1.49. The minimum atomic E-state index is -0.857. The number of thioether (sulfide) groups is 1. The van der Waals surface area contributed by atoms with Gasteiger partial charge in [0.2, 0.25) is 5.91 Å². The van der Waals surface area contributed by atoms with Gasteiger partial charge in [0.05, 0.1) is 7.11 Å². The molecule has 1 aliphatic rings. The van der Waals surface area contributed by atoms with Crippen molar-refractivity contribution in [1.29, 1.82) is 0 Å². The van der Waals surface area contributed by atoms with Gasteiger partial charge in [0, 0.05) is 17.1 Å². The number of methoxy groups -OCH3 is 1. The third-order valence-corrected chi connectivity index (χ3v) is 5.09. The van der Waals surface area contributed by atoms with Crippen LogP contribution in [-0.4, -0.2) is 30.3 Å². The maximum absolute atomic E-state index is 12.8. The molecule has 0 atom stereocenters. The zero-order valence-corrected chi connectivity index (χ0v) is 14.1. The van der Waals surface area contributed by atoms with Crippen molar-refractivity contribution in [2.75, 3.05) is 12.9 Å². The van der Waals surface area contributed by atoms with E-state index >= 15 is 0 Å². The first-order valence-corrected chi connectivity index (χ1v) is 8.82. The van der Waals surface area contributed by atoms with E-state index in [2.05, 4.69) is 5.32 Å². The molecular formula is C17H22FNO3S. The molecule has 1 fully saturated rings. The Morgan fingerprint density at radius 1 is 1.22 bits per heavy atom. The van der Waals surface area contributed by atoms with E-state index in [0.717, 1.165) is 24.2 Å². The monoisotopic (exact) mass is 339 g/mol. The molecule has 0 saturated heterocycles. The highest BCUT2D eigenvalue weighted by molar-refractivity contribution is 7.99. The standard InChI is InChI=1S/C17H22FNO3S/c1-22-16(21)17(10-3-2-4-11-17)19-15(20)9-12-23-14-7-5-13(18)6-8-14/h5-8H,2-4,9-12H2,1H3,(H,19,20). The molecule has 2 rings (SSSR count). The summed E-state index contributed by atoms with van der Waals surface area (Å²) < 4.78 is 17.7. The lowest BCUT2D eigenvalue weighted by molar-refractivity contribution is -0.152. The van der Waals surface area contributed by atoms with Crippen LogP contribution in [0, 0.1) is 5.82 Å². The van der Waals surface area contributed by atoms with E-state index < -0.39 is 5.54 Å². The van der Waals surface area contributed by atoms with Crippen LogP contribution < -0.4 is 5.32 Å². The molecule has 1 amide bonds. The summed E-state index contributed by atoms with van der Waals surface area (Å²) in [6.07, 6.45) is 4.49. The first kappa shape index (κ1) is 17.8. The Labute approximate surface area is 140 Å². The van der Waals surface area contributed by atoms with Gasteiger partial charge in [-0.25, -0.2) is 9.18 Å². The van der Waals surface area contributed by atoms with Crippen LogP contribution in [0.25, 0.3) is 0 Å². The molecule has 0 spiro atoms. The van der Waals surface area contributed by atoms with Crippen LogP contribution in [0.4, 0.5) is 4.39 Å². The first-order valence-electron chi connectivity index (χ1n) is 7.83. The molecule has 4 nitrogen and oxygen atoms in total. The van der Waals surface area contributed by atoms with Gasteiger partial charge in [-0.3, -0.25) is 4.79 Å². The second-order valence-corrected chi connectivity index (χ2v) is 6.90. The molecule has 0 bridgehead atoms. The normalized spacial score (nSPS) is 16.6. The number of hydrogen-bond donors (Lipinski definition) is 1. The van der Waals surface area contributed by atoms with Crippen molar-refractivity contribution in [3.8, 4) is 0 Å². The van der Waals surface area contributed by atoms with Gasteiger partial charge in [-0.2, -0.15) is 0 Å². The number of carbonyl (C=O) groups is 2. The van der Waals surface area contributed by atoms with Crippen molar-refractivity contribution < 1.29 is 18.7 Å². The van der Waals surface area contributed by atoms with Gasteiger partial charge in [0.1, 0.15) is 11.4 Å². The van der Waals surface area contributed by atoms with Gasteiger partial charge < -0.3 is 10.1 Å². The zero-order chi connectivity index (χ0) is 16.7. The number of esters is 1. The van der Waals surface area contributed by atoms with Crippen LogP contribution in [0.2, 0.25) is 0 Å². The highest BCUT2D eigenvalue weighted by atomic mass is 32.2. The predicted octanol–water partition coefficient (Wildman–Crippen LogP) is 3.30. The minimum Gasteiger partial charge on any atom is -0.467 e. The maximum atomic E-state index is 12.8. The van der Waals surface area contributed by atoms with E-state index in [9.17, 15) is 14.0 Å². The Balaban J connectivity index is 1.84. The minimum absolute atomic E-state index is 0.146. The highest BCUT2D eigenvalue weighted by Gasteiger charge is 2.41. The summed E-state index contributed by atoms with van der Waals surface area (Å²) in [5, 5.41) is 2.89. The molecule has 0 heterocycles. The average molecular weight is 339 g/mol. The number of ether oxygens (including phenoxy) is 1. The molecule has 1 aliphatic carbocycles. The first-order chi connectivity index (χ1) is 11.1. The fraction of sp³-hybridized carbons (Fsp3) is 0.529. The Morgan fingerprint density at radius 2 is 1.87 bits per heavy atom. The van der Waals surface area contributed by atoms with Crippen molar-refractivity contribution in [1.82, 2.24) is 5.32 Å². The third kappa shape index (κ3) is 4.96. The molecule has 1 aromatic carbocycles. The molecule has 0 unspecified atom stereocenters. The number of carbonyl (C=O) groups excluding carboxylic acids is 2. The molecule has 0 aliphatic heterocycles. The smallest absolute Gasteiger partial charge is 0.331 e. The second kappa shape index (κ2) is 8.34. The number of halogens is 1. The van der Waals surface area contributed by atoms with Gasteiger partial charge in [-0.15, -0.1) is 11.8 Å². The third-order valence-electron chi connectivity index (χ3n) is 4.07. The molecule has 1 aromatic rings. The molecule has 0 aromatic heterocycles. The number of nitrogens with one attached hydrogen (secondary N) is 1. The lowest BCUT2D eigenvalue weighted by Gasteiger charge is -2.35. The summed E-state index contributed by atoms with van der Waals surface area (Å²) in [6, 6.07) is 6.18. The van der Waals surface area contributed by atoms with E-state index in [1.54, 1.807) is 12.1 Å². The van der Waals surface area contributed by atoms with Crippen LogP contribution >= 0.6 is 11.8 Å². The Hall–Kier alpha value is -1.56. The van der Waals surface area contributed by atoms with Crippen LogP contribution in [0.1, 0.15) is 38.5 Å². The number of benzene rings is 1. The van der Waals surface area contributed by atoms with Gasteiger partial charge in [-0.05, 0) is 37.1 Å². The number of hydrogen-bond acceptors (Lipinski definition) is 4. The molecule has 1 N–H and O–H groups in total. The van der Waals surface area contributed by atoms with Crippen molar-refractivity contribution in [3.63, 3.8) is 0 Å². The molecule has 126 valence electrons. The molecule has 1 saturated carbocycles. The van der Waals surface area contributed by atoms with Gasteiger partial charge >= 0.3 is 5.97 Å². The topological polar surface area (TPSA) is 55.4 Å². The highest BCUT2D eigenvalue weighted by Crippen LogP contribution is 2.29. The molecular weight excluding hydrogens is 317 g/mol. The van der Waals surface area contributed by atoms with Crippen molar-refractivity contribution in [3.05, 3.63) is 30.1 Å². The Kier molecular flexibility index (Phi) is 6.45. The SMILES string of the molecule is COC(=O)C1(NC(=O)CCSc2ccc(F)cc2)CCCCC1. The lowest BCUT2D eigenvalue weighted by Crippen LogP contribution is -2.56. The summed E-state index contributed by atoms with van der Waals surface area (Å²) in [6.45, 7) is 0. The summed E-state index contributed by atoms with van der Waals surface area (Å²) in [7, 11) is 1.36. The van der Waals surface area contributed by atoms with Crippen LogP contribution in [-0.2, 0) is 14.3 Å². The maximum Gasteiger partial charge on any atom is 0.331 e. The van der Waals surface area contributed by atoms with Crippen LogP contribution in [0.5, 0.6) is 0 Å².